The van der Waals surface area contributed by atoms with Crippen LogP contribution in [-0.4, -0.2) is 25.6 Å². The Bertz CT molecular complexity index is 802. The number of aromatic nitrogens is 1. The molecule has 2 rings (SSSR count). The van der Waals surface area contributed by atoms with Gasteiger partial charge in [-0.25, -0.2) is 13.4 Å². The lowest BCUT2D eigenvalue weighted by Gasteiger charge is -2.14. The topological polar surface area (TPSA) is 76.1 Å². The highest BCUT2D eigenvalue weighted by atomic mass is 32.2. The van der Waals surface area contributed by atoms with Gasteiger partial charge >= 0.3 is 0 Å². The zero-order chi connectivity index (χ0) is 16.5. The molecule has 1 aromatic carbocycles. The Hall–Kier alpha value is -1.73. The quantitative estimate of drug-likeness (QED) is 0.933. The molecule has 0 bridgehead atoms. The molecular weight excluding hydrogens is 320 g/mol. The minimum absolute atomic E-state index is 0.0140. The van der Waals surface area contributed by atoms with Crippen molar-refractivity contribution in [3.63, 3.8) is 0 Å². The molecule has 0 atom stereocenters. The van der Waals surface area contributed by atoms with Crippen molar-refractivity contribution in [3.05, 3.63) is 40.9 Å². The number of carbonyl (C=O) groups excluding carboxylic acids is 1. The minimum atomic E-state index is -3.47. The molecule has 0 aliphatic rings. The van der Waals surface area contributed by atoms with Crippen LogP contribution in [0.2, 0.25) is 0 Å². The van der Waals surface area contributed by atoms with Crippen LogP contribution in [-0.2, 0) is 15.3 Å². The molecule has 0 radical (unpaired) electrons. The summed E-state index contributed by atoms with van der Waals surface area (Å²) in [6, 6.07) is 6.14. The predicted molar refractivity (Wildman–Crippen MR) is 88.3 cm³/mol. The van der Waals surface area contributed by atoms with E-state index in [-0.39, 0.29) is 15.9 Å². The van der Waals surface area contributed by atoms with E-state index in [0.29, 0.717) is 5.13 Å². The first-order chi connectivity index (χ1) is 10.1. The van der Waals surface area contributed by atoms with Gasteiger partial charge in [-0.2, -0.15) is 0 Å². The molecule has 22 heavy (non-hydrogen) atoms. The van der Waals surface area contributed by atoms with Crippen LogP contribution in [0.1, 0.15) is 36.8 Å². The van der Waals surface area contributed by atoms with E-state index in [9.17, 15) is 13.2 Å². The normalized spacial score (nSPS) is 12.2. The molecule has 5 nitrogen and oxygen atoms in total. The maximum absolute atomic E-state index is 12.3. The van der Waals surface area contributed by atoms with Gasteiger partial charge < -0.3 is 0 Å². The summed E-state index contributed by atoms with van der Waals surface area (Å²) in [5.74, 6) is -0.476. The standard InChI is InChI=1S/C15H18N2O3S2/c1-15(2,3)12-9-21-14(16-12)17-13(18)10-7-5-6-8-11(10)22(4,19)20/h5-9H,1-4H3,(H,16,17,18). The van der Waals surface area contributed by atoms with Crippen LogP contribution in [0.4, 0.5) is 5.13 Å². The molecule has 1 heterocycles. The van der Waals surface area contributed by atoms with E-state index in [2.05, 4.69) is 10.3 Å². The van der Waals surface area contributed by atoms with Crippen LogP contribution >= 0.6 is 11.3 Å². The summed E-state index contributed by atoms with van der Waals surface area (Å²) in [5, 5.41) is 5.01. The summed E-state index contributed by atoms with van der Waals surface area (Å²) in [6.45, 7) is 6.10. The lowest BCUT2D eigenvalue weighted by molar-refractivity contribution is 0.102. The average Bonchev–Trinajstić information content (AvgIpc) is 2.86. The first kappa shape index (κ1) is 16.6. The van der Waals surface area contributed by atoms with E-state index in [1.807, 2.05) is 26.2 Å². The second kappa shape index (κ2) is 5.81. The van der Waals surface area contributed by atoms with E-state index in [1.165, 1.54) is 23.5 Å². The molecule has 1 N–H and O–H groups in total. The zero-order valence-corrected chi connectivity index (χ0v) is 14.5. The number of thiazole rings is 1. The monoisotopic (exact) mass is 338 g/mol. The Kier molecular flexibility index (Phi) is 4.39. The van der Waals surface area contributed by atoms with Gasteiger partial charge in [0, 0.05) is 17.1 Å². The highest BCUT2D eigenvalue weighted by Crippen LogP contribution is 2.27. The fourth-order valence-electron chi connectivity index (χ4n) is 1.82. The Morgan fingerprint density at radius 1 is 1.23 bits per heavy atom. The summed E-state index contributed by atoms with van der Waals surface area (Å²) >= 11 is 1.32. The van der Waals surface area contributed by atoms with Crippen molar-refractivity contribution >= 4 is 32.2 Å². The zero-order valence-electron chi connectivity index (χ0n) is 12.9. The summed E-state index contributed by atoms with van der Waals surface area (Å²) in [5.41, 5.74) is 0.895. The first-order valence-corrected chi connectivity index (χ1v) is 9.42. The molecule has 0 unspecified atom stereocenters. The van der Waals surface area contributed by atoms with Crippen molar-refractivity contribution in [3.8, 4) is 0 Å². The molecular formula is C15H18N2O3S2. The summed E-state index contributed by atoms with van der Waals surface area (Å²) in [7, 11) is -3.47. The largest absolute Gasteiger partial charge is 0.298 e. The Balaban J connectivity index is 2.29. The number of hydrogen-bond donors (Lipinski definition) is 1. The molecule has 0 aliphatic carbocycles. The van der Waals surface area contributed by atoms with Crippen LogP contribution < -0.4 is 5.32 Å². The third-order valence-corrected chi connectivity index (χ3v) is 4.94. The highest BCUT2D eigenvalue weighted by molar-refractivity contribution is 7.90. The van der Waals surface area contributed by atoms with Crippen LogP contribution in [0.3, 0.4) is 0 Å². The van der Waals surface area contributed by atoms with E-state index in [0.717, 1.165) is 11.9 Å². The number of sulfone groups is 1. The summed E-state index contributed by atoms with van der Waals surface area (Å²) in [4.78, 5) is 16.7. The van der Waals surface area contributed by atoms with Crippen molar-refractivity contribution in [1.82, 2.24) is 4.98 Å². The van der Waals surface area contributed by atoms with Gasteiger partial charge in [0.05, 0.1) is 16.2 Å². The van der Waals surface area contributed by atoms with E-state index < -0.39 is 15.7 Å². The summed E-state index contributed by atoms with van der Waals surface area (Å²) in [6.07, 6.45) is 1.08. The number of hydrogen-bond acceptors (Lipinski definition) is 5. The minimum Gasteiger partial charge on any atom is -0.298 e. The molecule has 0 aliphatic heterocycles. The van der Waals surface area contributed by atoms with E-state index in [1.54, 1.807) is 12.1 Å². The number of carbonyl (C=O) groups is 1. The fourth-order valence-corrected chi connectivity index (χ4v) is 3.64. The third-order valence-electron chi connectivity index (χ3n) is 3.02. The Morgan fingerprint density at radius 3 is 2.41 bits per heavy atom. The van der Waals surface area contributed by atoms with Crippen LogP contribution in [0.25, 0.3) is 0 Å². The van der Waals surface area contributed by atoms with Crippen molar-refractivity contribution in [2.75, 3.05) is 11.6 Å². The molecule has 7 heteroatoms. The summed E-state index contributed by atoms with van der Waals surface area (Å²) < 4.78 is 23.5. The van der Waals surface area contributed by atoms with Gasteiger partial charge in [-0.05, 0) is 12.1 Å². The van der Waals surface area contributed by atoms with Gasteiger partial charge in [-0.15, -0.1) is 11.3 Å². The van der Waals surface area contributed by atoms with Crippen LogP contribution in [0.15, 0.2) is 34.5 Å². The van der Waals surface area contributed by atoms with Crippen molar-refractivity contribution in [2.24, 2.45) is 0 Å². The van der Waals surface area contributed by atoms with E-state index in [4.69, 9.17) is 0 Å². The Labute approximate surface area is 134 Å². The number of amides is 1. The third kappa shape index (κ3) is 3.72. The smallest absolute Gasteiger partial charge is 0.258 e. The van der Waals surface area contributed by atoms with Gasteiger partial charge in [-0.3, -0.25) is 10.1 Å². The van der Waals surface area contributed by atoms with Gasteiger partial charge in [0.2, 0.25) is 0 Å². The van der Waals surface area contributed by atoms with Crippen molar-refractivity contribution < 1.29 is 13.2 Å². The molecule has 118 valence electrons. The number of anilines is 1. The number of rotatable bonds is 3. The second-order valence-electron chi connectivity index (χ2n) is 6.01. The average molecular weight is 338 g/mol. The van der Waals surface area contributed by atoms with Crippen LogP contribution in [0, 0.1) is 0 Å². The fraction of sp³-hybridized carbons (Fsp3) is 0.333. The van der Waals surface area contributed by atoms with Crippen LogP contribution in [0.5, 0.6) is 0 Å². The second-order valence-corrected chi connectivity index (χ2v) is 8.85. The molecule has 1 amide bonds. The molecule has 0 saturated heterocycles. The van der Waals surface area contributed by atoms with Gasteiger partial charge in [-0.1, -0.05) is 32.9 Å². The predicted octanol–water partition coefficient (Wildman–Crippen LogP) is 3.10. The van der Waals surface area contributed by atoms with Crippen molar-refractivity contribution in [1.29, 1.82) is 0 Å². The van der Waals surface area contributed by atoms with Gasteiger partial charge in [0.25, 0.3) is 5.91 Å². The molecule has 0 spiro atoms. The van der Waals surface area contributed by atoms with E-state index >= 15 is 0 Å². The molecule has 2 aromatic rings. The number of nitrogens with zero attached hydrogens (tertiary/aromatic N) is 1. The number of benzene rings is 1. The maximum Gasteiger partial charge on any atom is 0.258 e. The number of nitrogens with one attached hydrogen (secondary N) is 1. The molecule has 1 aromatic heterocycles. The lowest BCUT2D eigenvalue weighted by Crippen LogP contribution is -2.16. The SMILES string of the molecule is CC(C)(C)c1csc(NC(=O)c2ccccc2S(C)(=O)=O)n1. The van der Waals surface area contributed by atoms with Crippen molar-refractivity contribution in [2.45, 2.75) is 31.1 Å². The first-order valence-electron chi connectivity index (χ1n) is 6.65. The molecule has 0 fully saturated rings. The lowest BCUT2D eigenvalue weighted by atomic mass is 9.93. The van der Waals surface area contributed by atoms with Gasteiger partial charge in [0.1, 0.15) is 0 Å². The maximum atomic E-state index is 12.3. The Morgan fingerprint density at radius 2 is 1.86 bits per heavy atom. The van der Waals surface area contributed by atoms with Gasteiger partial charge in [0.15, 0.2) is 15.0 Å². The molecule has 0 saturated carbocycles. The highest BCUT2D eigenvalue weighted by Gasteiger charge is 2.21.